The first-order chi connectivity index (χ1) is 8.69. The third-order valence-electron chi connectivity index (χ3n) is 1.62. The van der Waals surface area contributed by atoms with Crippen molar-refractivity contribution in [3.8, 4) is 0 Å². The van der Waals surface area contributed by atoms with Gasteiger partial charge >= 0.3 is 0 Å². The molecule has 5 N–H and O–H groups in total. The molecule has 4 nitrogen and oxygen atoms in total. The molecule has 0 saturated heterocycles. The lowest BCUT2D eigenvalue weighted by atomic mass is 10.2. The standard InChI is InChI=1S/C7H8N4.C3H8.C2H6.CH3Cl/c8-4-1-2-6-5(3-4)7(9)11-10-6;1-3-2;2*1-2/h1-3H,8H2,(H3,9,10,11);3H2,1-2H3;1-2H3;1H3. The summed E-state index contributed by atoms with van der Waals surface area (Å²) in [4.78, 5) is 0. The van der Waals surface area contributed by atoms with Gasteiger partial charge in [-0.15, -0.1) is 11.6 Å². The number of hydrogen-bond donors (Lipinski definition) is 3. The lowest BCUT2D eigenvalue weighted by Crippen LogP contribution is -1.86. The Hall–Kier alpha value is -1.42. The largest absolute Gasteiger partial charge is 0.399 e. The second-order valence-electron chi connectivity index (χ2n) is 3.12. The molecule has 1 heterocycles. The number of aromatic nitrogens is 2. The summed E-state index contributed by atoms with van der Waals surface area (Å²) in [6.07, 6.45) is 2.72. The highest BCUT2D eigenvalue weighted by Gasteiger charge is 2.00. The van der Waals surface area contributed by atoms with Crippen molar-refractivity contribution in [2.45, 2.75) is 34.1 Å². The van der Waals surface area contributed by atoms with Crippen LogP contribution >= 0.6 is 11.6 Å². The molecule has 18 heavy (non-hydrogen) atoms. The van der Waals surface area contributed by atoms with Crippen molar-refractivity contribution >= 4 is 34.0 Å². The number of nitrogens with two attached hydrogens (primary N) is 2. The first kappa shape index (κ1) is 18.9. The van der Waals surface area contributed by atoms with E-state index in [1.54, 1.807) is 12.1 Å². The molecule has 104 valence electrons. The van der Waals surface area contributed by atoms with Crippen molar-refractivity contribution in [3.63, 3.8) is 0 Å². The van der Waals surface area contributed by atoms with Crippen LogP contribution in [0.3, 0.4) is 0 Å². The summed E-state index contributed by atoms with van der Waals surface area (Å²) in [5, 5.41) is 7.50. The van der Waals surface area contributed by atoms with E-state index in [2.05, 4.69) is 35.6 Å². The number of anilines is 2. The lowest BCUT2D eigenvalue weighted by Gasteiger charge is -1.91. The quantitative estimate of drug-likeness (QED) is 0.500. The van der Waals surface area contributed by atoms with Gasteiger partial charge in [-0.05, 0) is 18.2 Å². The molecule has 0 atom stereocenters. The number of nitrogens with one attached hydrogen (secondary N) is 1. The van der Waals surface area contributed by atoms with Gasteiger partial charge in [0.25, 0.3) is 0 Å². The average molecular weight is 273 g/mol. The van der Waals surface area contributed by atoms with Crippen molar-refractivity contribution in [2.75, 3.05) is 17.9 Å². The van der Waals surface area contributed by atoms with Crippen molar-refractivity contribution < 1.29 is 0 Å². The number of aromatic amines is 1. The van der Waals surface area contributed by atoms with Gasteiger partial charge in [-0.1, -0.05) is 34.1 Å². The highest BCUT2D eigenvalue weighted by Crippen LogP contribution is 2.19. The van der Waals surface area contributed by atoms with Gasteiger partial charge in [-0.25, -0.2) is 0 Å². The highest BCUT2D eigenvalue weighted by molar-refractivity contribution is 6.15. The van der Waals surface area contributed by atoms with E-state index in [1.165, 1.54) is 12.8 Å². The molecule has 0 aliphatic carbocycles. The lowest BCUT2D eigenvalue weighted by molar-refractivity contribution is 1.09. The molecule has 2 aromatic rings. The monoisotopic (exact) mass is 272 g/mol. The number of H-pyrrole nitrogens is 1. The SMILES string of the molecule is CC.CCC.CCl.Nc1ccc2[nH]nc(N)c2c1. The molecule has 0 amide bonds. The zero-order chi connectivity index (χ0) is 14.6. The van der Waals surface area contributed by atoms with Gasteiger partial charge in [-0.3, -0.25) is 5.10 Å². The minimum atomic E-state index is 0.493. The fraction of sp³-hybridized carbons (Fsp3) is 0.462. The number of fused-ring (bicyclic) bond motifs is 1. The molecule has 0 aliphatic heterocycles. The smallest absolute Gasteiger partial charge is 0.153 e. The molecule has 0 bridgehead atoms. The number of halogens is 1. The summed E-state index contributed by atoms with van der Waals surface area (Å²) in [6, 6.07) is 5.46. The minimum absolute atomic E-state index is 0.493. The molecular weight excluding hydrogens is 248 g/mol. The van der Waals surface area contributed by atoms with Gasteiger partial charge < -0.3 is 11.5 Å². The molecule has 0 aliphatic rings. The van der Waals surface area contributed by atoms with Gasteiger partial charge in [-0.2, -0.15) is 5.10 Å². The third-order valence-corrected chi connectivity index (χ3v) is 1.62. The number of nitrogen functional groups attached to an aromatic ring is 2. The first-order valence-corrected chi connectivity index (χ1v) is 6.81. The zero-order valence-corrected chi connectivity index (χ0v) is 12.7. The molecule has 0 unspecified atom stereocenters. The normalized spacial score (nSPS) is 8.11. The van der Waals surface area contributed by atoms with Crippen LogP contribution in [-0.4, -0.2) is 16.6 Å². The van der Waals surface area contributed by atoms with E-state index >= 15 is 0 Å². The second kappa shape index (κ2) is 12.0. The maximum absolute atomic E-state index is 5.55. The molecule has 5 heteroatoms. The molecular formula is C13H25ClN4. The Balaban J connectivity index is 0. The molecule has 0 radical (unpaired) electrons. The summed E-state index contributed by atoms with van der Waals surface area (Å²) in [6.45, 7) is 8.25. The van der Waals surface area contributed by atoms with Crippen LogP contribution in [0, 0.1) is 0 Å². The maximum atomic E-state index is 5.55. The first-order valence-electron chi connectivity index (χ1n) is 6.05. The van der Waals surface area contributed by atoms with E-state index in [9.17, 15) is 0 Å². The molecule has 1 aromatic carbocycles. The summed E-state index contributed by atoms with van der Waals surface area (Å²) < 4.78 is 0. The van der Waals surface area contributed by atoms with Crippen LogP contribution in [0.15, 0.2) is 18.2 Å². The average Bonchev–Trinajstić information content (AvgIpc) is 2.77. The van der Waals surface area contributed by atoms with Gasteiger partial charge in [0.2, 0.25) is 0 Å². The Bertz CT molecular complexity index is 412. The van der Waals surface area contributed by atoms with Crippen LogP contribution in [0.1, 0.15) is 34.1 Å². The second-order valence-corrected chi connectivity index (χ2v) is 3.12. The summed E-state index contributed by atoms with van der Waals surface area (Å²) in [5.41, 5.74) is 12.7. The van der Waals surface area contributed by atoms with Crippen LogP contribution in [-0.2, 0) is 0 Å². The Labute approximate surface area is 115 Å². The van der Waals surface area contributed by atoms with E-state index in [4.69, 9.17) is 11.5 Å². The molecule has 1 aromatic heterocycles. The van der Waals surface area contributed by atoms with Gasteiger partial charge in [0, 0.05) is 17.5 Å². The number of benzene rings is 1. The minimum Gasteiger partial charge on any atom is -0.399 e. The topological polar surface area (TPSA) is 80.7 Å². The number of hydrogen-bond acceptors (Lipinski definition) is 3. The number of rotatable bonds is 0. The van der Waals surface area contributed by atoms with Crippen LogP contribution in [0.4, 0.5) is 11.5 Å². The highest BCUT2D eigenvalue weighted by atomic mass is 35.5. The van der Waals surface area contributed by atoms with Crippen LogP contribution in [0.25, 0.3) is 10.9 Å². The Morgan fingerprint density at radius 2 is 1.67 bits per heavy atom. The summed E-state index contributed by atoms with van der Waals surface area (Å²) in [5.74, 6) is 0.493. The fourth-order valence-electron chi connectivity index (χ4n) is 1.05. The Morgan fingerprint density at radius 3 is 2.17 bits per heavy atom. The van der Waals surface area contributed by atoms with E-state index in [0.29, 0.717) is 11.5 Å². The molecule has 0 fully saturated rings. The van der Waals surface area contributed by atoms with E-state index in [-0.39, 0.29) is 0 Å². The van der Waals surface area contributed by atoms with E-state index < -0.39 is 0 Å². The summed E-state index contributed by atoms with van der Waals surface area (Å²) >= 11 is 4.64. The summed E-state index contributed by atoms with van der Waals surface area (Å²) in [7, 11) is 0. The van der Waals surface area contributed by atoms with Gasteiger partial charge in [0.1, 0.15) is 0 Å². The van der Waals surface area contributed by atoms with Gasteiger partial charge in [0.05, 0.1) is 5.52 Å². The Kier molecular flexibility index (Phi) is 12.7. The number of alkyl halides is 1. The van der Waals surface area contributed by atoms with Crippen molar-refractivity contribution in [1.29, 1.82) is 0 Å². The fourth-order valence-corrected chi connectivity index (χ4v) is 1.05. The van der Waals surface area contributed by atoms with Gasteiger partial charge in [0.15, 0.2) is 5.82 Å². The van der Waals surface area contributed by atoms with Crippen LogP contribution in [0.2, 0.25) is 0 Å². The van der Waals surface area contributed by atoms with Crippen molar-refractivity contribution in [3.05, 3.63) is 18.2 Å². The molecule has 0 spiro atoms. The zero-order valence-electron chi connectivity index (χ0n) is 11.9. The van der Waals surface area contributed by atoms with Crippen LogP contribution in [0.5, 0.6) is 0 Å². The predicted molar refractivity (Wildman–Crippen MR) is 84.0 cm³/mol. The van der Waals surface area contributed by atoms with E-state index in [1.807, 2.05) is 19.9 Å². The third kappa shape index (κ3) is 6.35. The maximum Gasteiger partial charge on any atom is 0.153 e. The van der Waals surface area contributed by atoms with Crippen molar-refractivity contribution in [1.82, 2.24) is 10.2 Å². The Morgan fingerprint density at radius 1 is 1.17 bits per heavy atom. The number of nitrogens with zero attached hydrogens (tertiary/aromatic N) is 1. The van der Waals surface area contributed by atoms with Crippen LogP contribution < -0.4 is 11.5 Å². The predicted octanol–water partition coefficient (Wildman–Crippen LogP) is 4.02. The van der Waals surface area contributed by atoms with Crippen molar-refractivity contribution in [2.24, 2.45) is 0 Å². The van der Waals surface area contributed by atoms with E-state index in [0.717, 1.165) is 10.9 Å². The molecule has 0 saturated carbocycles. The molecule has 2 rings (SSSR count).